The van der Waals surface area contributed by atoms with Gasteiger partial charge in [-0.2, -0.15) is 0 Å². The molecule has 98 valence electrons. The third kappa shape index (κ3) is 2.41. The van der Waals surface area contributed by atoms with Crippen LogP contribution in [0.25, 0.3) is 0 Å². The molecule has 0 N–H and O–H groups in total. The summed E-state index contributed by atoms with van der Waals surface area (Å²) in [5.41, 5.74) is 0.335. The van der Waals surface area contributed by atoms with Crippen molar-refractivity contribution < 1.29 is 14.4 Å². The van der Waals surface area contributed by atoms with Gasteiger partial charge in [0.05, 0.1) is 27.7 Å². The van der Waals surface area contributed by atoms with E-state index in [1.807, 2.05) is 13.0 Å². The Hall–Kier alpha value is -0.980. The highest BCUT2D eigenvalue weighted by Gasteiger charge is 2.38. The molecular weight excluding hydrogens is 302 g/mol. The van der Waals surface area contributed by atoms with Crippen LogP contribution in [0.1, 0.15) is 18.9 Å². The van der Waals surface area contributed by atoms with E-state index >= 15 is 0 Å². The lowest BCUT2D eigenvalue weighted by Crippen LogP contribution is -2.21. The minimum atomic E-state index is -0.522. The molecule has 1 aliphatic heterocycles. The summed E-state index contributed by atoms with van der Waals surface area (Å²) in [7, 11) is 1.64. The average molecular weight is 316 g/mol. The molecule has 0 aliphatic carbocycles. The van der Waals surface area contributed by atoms with Crippen molar-refractivity contribution in [2.45, 2.75) is 25.0 Å². The minimum absolute atomic E-state index is 0.0395. The van der Waals surface area contributed by atoms with Gasteiger partial charge in [-0.1, -0.05) is 6.07 Å². The molecule has 1 saturated heterocycles. The number of ether oxygens (including phenoxy) is 2. The second kappa shape index (κ2) is 4.95. The van der Waals surface area contributed by atoms with E-state index in [0.29, 0.717) is 17.5 Å². The Morgan fingerprint density at radius 2 is 2.33 bits per heavy atom. The summed E-state index contributed by atoms with van der Waals surface area (Å²) in [5.74, 6) is 0. The Bertz CT molecular complexity index is 479. The zero-order valence-corrected chi connectivity index (χ0v) is 11.8. The van der Waals surface area contributed by atoms with Gasteiger partial charge in [-0.25, -0.2) is 0 Å². The van der Waals surface area contributed by atoms with Crippen LogP contribution in [0.5, 0.6) is 0 Å². The van der Waals surface area contributed by atoms with Crippen LogP contribution in [0.2, 0.25) is 0 Å². The van der Waals surface area contributed by atoms with Crippen LogP contribution in [-0.2, 0) is 15.1 Å². The van der Waals surface area contributed by atoms with Crippen LogP contribution in [0.15, 0.2) is 22.7 Å². The molecule has 1 heterocycles. The Morgan fingerprint density at radius 1 is 1.61 bits per heavy atom. The minimum Gasteiger partial charge on any atom is -0.379 e. The fraction of sp³-hybridized carbons (Fsp3) is 0.500. The van der Waals surface area contributed by atoms with Gasteiger partial charge in [0.2, 0.25) is 0 Å². The van der Waals surface area contributed by atoms with Gasteiger partial charge >= 0.3 is 0 Å². The van der Waals surface area contributed by atoms with Gasteiger partial charge in [0.1, 0.15) is 0 Å². The molecule has 0 saturated carbocycles. The highest BCUT2D eigenvalue weighted by molar-refractivity contribution is 9.10. The van der Waals surface area contributed by atoms with Gasteiger partial charge < -0.3 is 9.47 Å². The van der Waals surface area contributed by atoms with Gasteiger partial charge in [-0.05, 0) is 34.5 Å². The van der Waals surface area contributed by atoms with Crippen molar-refractivity contribution in [1.29, 1.82) is 0 Å². The van der Waals surface area contributed by atoms with Gasteiger partial charge in [0, 0.05) is 19.6 Å². The van der Waals surface area contributed by atoms with E-state index in [-0.39, 0.29) is 11.8 Å². The quantitative estimate of drug-likeness (QED) is 0.635. The molecule has 1 aromatic rings. The summed E-state index contributed by atoms with van der Waals surface area (Å²) in [6.45, 7) is 2.44. The molecule has 0 unspecified atom stereocenters. The smallest absolute Gasteiger partial charge is 0.283 e. The van der Waals surface area contributed by atoms with Gasteiger partial charge in [-0.15, -0.1) is 0 Å². The molecule has 6 heteroatoms. The maximum Gasteiger partial charge on any atom is 0.283 e. The predicted octanol–water partition coefficient (Wildman–Crippen LogP) is 3.01. The maximum atomic E-state index is 10.9. The Labute approximate surface area is 113 Å². The fourth-order valence-electron chi connectivity index (χ4n) is 2.16. The summed E-state index contributed by atoms with van der Waals surface area (Å²) in [4.78, 5) is 10.5. The van der Waals surface area contributed by atoms with E-state index in [1.54, 1.807) is 19.2 Å². The standard InChI is InChI=1S/C12H14BrNO4/c1-12(6-9(17-2)7-18-12)8-3-4-10(13)11(5-8)14(15)16/h3-5,9H,6-7H2,1-2H3/t9-,12+/m0/s1. The monoisotopic (exact) mass is 315 g/mol. The molecule has 2 atom stereocenters. The number of nitro benzene ring substituents is 1. The molecule has 2 rings (SSSR count). The summed E-state index contributed by atoms with van der Waals surface area (Å²) < 4.78 is 11.5. The average Bonchev–Trinajstić information content (AvgIpc) is 2.72. The van der Waals surface area contributed by atoms with Crippen LogP contribution in [0, 0.1) is 10.1 Å². The number of methoxy groups -OCH3 is 1. The Balaban J connectivity index is 2.34. The lowest BCUT2D eigenvalue weighted by molar-refractivity contribution is -0.385. The van der Waals surface area contributed by atoms with Crippen LogP contribution < -0.4 is 0 Å². The third-order valence-corrected chi connectivity index (χ3v) is 3.96. The van der Waals surface area contributed by atoms with Crippen LogP contribution >= 0.6 is 15.9 Å². The summed E-state index contributed by atoms with van der Waals surface area (Å²) in [6, 6.07) is 5.08. The van der Waals surface area contributed by atoms with Crippen molar-refractivity contribution in [3.8, 4) is 0 Å². The van der Waals surface area contributed by atoms with E-state index in [1.165, 1.54) is 0 Å². The van der Waals surface area contributed by atoms with Crippen molar-refractivity contribution in [3.63, 3.8) is 0 Å². The number of nitro groups is 1. The third-order valence-electron chi connectivity index (χ3n) is 3.29. The molecule has 18 heavy (non-hydrogen) atoms. The second-order valence-electron chi connectivity index (χ2n) is 4.53. The Morgan fingerprint density at radius 3 is 2.89 bits per heavy atom. The van der Waals surface area contributed by atoms with Crippen LogP contribution in [-0.4, -0.2) is 24.7 Å². The number of nitrogens with zero attached hydrogens (tertiary/aromatic N) is 1. The highest BCUT2D eigenvalue weighted by Crippen LogP contribution is 2.39. The van der Waals surface area contributed by atoms with E-state index in [9.17, 15) is 10.1 Å². The van der Waals surface area contributed by atoms with Crippen molar-refractivity contribution >= 4 is 21.6 Å². The lowest BCUT2D eigenvalue weighted by atomic mass is 9.92. The molecule has 0 radical (unpaired) electrons. The summed E-state index contributed by atoms with van der Waals surface area (Å²) in [6.07, 6.45) is 0.736. The number of rotatable bonds is 3. The van der Waals surface area contributed by atoms with Gasteiger partial charge in [-0.3, -0.25) is 10.1 Å². The molecule has 0 amide bonds. The number of halogens is 1. The lowest BCUT2D eigenvalue weighted by Gasteiger charge is -2.23. The van der Waals surface area contributed by atoms with Gasteiger partial charge in [0.15, 0.2) is 0 Å². The summed E-state index contributed by atoms with van der Waals surface area (Å²) in [5, 5.41) is 10.9. The SMILES string of the molecule is CO[C@@H]1CO[C@@](C)(c2ccc(Br)c([N+](=O)[O-])c2)C1. The molecule has 5 nitrogen and oxygen atoms in total. The van der Waals surface area contributed by atoms with Crippen molar-refractivity contribution in [1.82, 2.24) is 0 Å². The summed E-state index contributed by atoms with van der Waals surface area (Å²) >= 11 is 3.18. The predicted molar refractivity (Wildman–Crippen MR) is 69.5 cm³/mol. The Kier molecular flexibility index (Phi) is 3.70. The van der Waals surface area contributed by atoms with E-state index in [0.717, 1.165) is 5.56 Å². The zero-order chi connectivity index (χ0) is 13.3. The van der Waals surface area contributed by atoms with Crippen LogP contribution in [0.4, 0.5) is 5.69 Å². The van der Waals surface area contributed by atoms with Crippen molar-refractivity contribution in [2.24, 2.45) is 0 Å². The molecular formula is C12H14BrNO4. The molecule has 0 bridgehead atoms. The number of benzene rings is 1. The molecule has 0 aromatic heterocycles. The van der Waals surface area contributed by atoms with E-state index in [4.69, 9.17) is 9.47 Å². The first-order chi connectivity index (χ1) is 8.46. The fourth-order valence-corrected chi connectivity index (χ4v) is 2.55. The molecule has 1 aliphatic rings. The molecule has 1 aromatic carbocycles. The second-order valence-corrected chi connectivity index (χ2v) is 5.38. The first-order valence-corrected chi connectivity index (χ1v) is 6.37. The normalized spacial score (nSPS) is 27.4. The molecule has 1 fully saturated rings. The highest BCUT2D eigenvalue weighted by atomic mass is 79.9. The van der Waals surface area contributed by atoms with Crippen LogP contribution in [0.3, 0.4) is 0 Å². The maximum absolute atomic E-state index is 10.9. The number of hydrogen-bond acceptors (Lipinski definition) is 4. The van der Waals surface area contributed by atoms with Crippen molar-refractivity contribution in [2.75, 3.05) is 13.7 Å². The first-order valence-electron chi connectivity index (χ1n) is 5.57. The first kappa shape index (κ1) is 13.5. The number of hydrogen-bond donors (Lipinski definition) is 0. The van der Waals surface area contributed by atoms with Gasteiger partial charge in [0.25, 0.3) is 5.69 Å². The topological polar surface area (TPSA) is 61.6 Å². The van der Waals surface area contributed by atoms with Crippen molar-refractivity contribution in [3.05, 3.63) is 38.3 Å². The largest absolute Gasteiger partial charge is 0.379 e. The van der Waals surface area contributed by atoms with E-state index in [2.05, 4.69) is 15.9 Å². The zero-order valence-electron chi connectivity index (χ0n) is 10.2. The molecule has 0 spiro atoms. The van der Waals surface area contributed by atoms with E-state index < -0.39 is 10.5 Å².